The highest BCUT2D eigenvalue weighted by Crippen LogP contribution is 2.21. The second-order valence-electron chi connectivity index (χ2n) is 6.84. The number of H-pyrrole nitrogens is 1. The second kappa shape index (κ2) is 7.47. The minimum atomic E-state index is 0.0446. The Labute approximate surface area is 153 Å². The van der Waals surface area contributed by atoms with Crippen LogP contribution in [0.5, 0.6) is 5.75 Å². The van der Waals surface area contributed by atoms with Gasteiger partial charge in [0.1, 0.15) is 5.75 Å². The molecule has 2 aliphatic rings. The van der Waals surface area contributed by atoms with Crippen molar-refractivity contribution in [1.29, 1.82) is 0 Å². The van der Waals surface area contributed by atoms with E-state index in [2.05, 4.69) is 26.5 Å². The van der Waals surface area contributed by atoms with Crippen LogP contribution in [0.2, 0.25) is 0 Å². The first-order chi connectivity index (χ1) is 12.8. The number of benzene rings is 1. The average molecular weight is 355 g/mol. The molecular formula is C19H25N5O2. The summed E-state index contributed by atoms with van der Waals surface area (Å²) >= 11 is 0. The van der Waals surface area contributed by atoms with E-state index in [0.717, 1.165) is 69.2 Å². The standard InChI is InChI=1S/C19H25N5O2/c1-26-17-5-3-2-4-14(17)13-23-8-10-24(11-9-23)19(25)18-15-12-20-7-6-16(15)21-22-18/h2-5,20H,6-13H2,1H3,(H,21,22). The lowest BCUT2D eigenvalue weighted by molar-refractivity contribution is 0.0620. The number of aromatic nitrogens is 2. The van der Waals surface area contributed by atoms with Crippen molar-refractivity contribution in [2.45, 2.75) is 19.5 Å². The van der Waals surface area contributed by atoms with Crippen molar-refractivity contribution in [2.75, 3.05) is 39.8 Å². The molecule has 0 atom stereocenters. The number of nitrogens with one attached hydrogen (secondary N) is 2. The third-order valence-corrected chi connectivity index (χ3v) is 5.25. The van der Waals surface area contributed by atoms with E-state index in [4.69, 9.17) is 4.74 Å². The number of methoxy groups -OCH3 is 1. The molecule has 26 heavy (non-hydrogen) atoms. The van der Waals surface area contributed by atoms with Crippen molar-refractivity contribution in [2.24, 2.45) is 0 Å². The van der Waals surface area contributed by atoms with Crippen LogP contribution in [0.25, 0.3) is 0 Å². The topological polar surface area (TPSA) is 73.5 Å². The minimum Gasteiger partial charge on any atom is -0.496 e. The lowest BCUT2D eigenvalue weighted by atomic mass is 10.1. The van der Waals surface area contributed by atoms with Gasteiger partial charge in [-0.2, -0.15) is 5.10 Å². The number of rotatable bonds is 4. The highest BCUT2D eigenvalue weighted by Gasteiger charge is 2.28. The monoisotopic (exact) mass is 355 g/mol. The lowest BCUT2D eigenvalue weighted by Gasteiger charge is -2.34. The molecule has 1 amide bonds. The molecule has 2 aliphatic heterocycles. The first-order valence-electron chi connectivity index (χ1n) is 9.16. The van der Waals surface area contributed by atoms with Crippen molar-refractivity contribution < 1.29 is 9.53 Å². The molecule has 2 N–H and O–H groups in total. The van der Waals surface area contributed by atoms with Gasteiger partial charge in [0.25, 0.3) is 5.91 Å². The number of hydrogen-bond donors (Lipinski definition) is 2. The fourth-order valence-electron chi connectivity index (χ4n) is 3.74. The molecule has 1 fully saturated rings. The number of amides is 1. The molecule has 7 heteroatoms. The van der Waals surface area contributed by atoms with E-state index in [1.807, 2.05) is 23.1 Å². The number of hydrogen-bond acceptors (Lipinski definition) is 5. The Morgan fingerprint density at radius 1 is 1.23 bits per heavy atom. The fourth-order valence-corrected chi connectivity index (χ4v) is 3.74. The maximum absolute atomic E-state index is 12.9. The Hall–Kier alpha value is -2.38. The van der Waals surface area contributed by atoms with Crippen LogP contribution in [-0.2, 0) is 19.5 Å². The van der Waals surface area contributed by atoms with E-state index in [0.29, 0.717) is 5.69 Å². The molecule has 2 aromatic rings. The quantitative estimate of drug-likeness (QED) is 0.857. The predicted octanol–water partition coefficient (Wildman–Crippen LogP) is 1.02. The molecule has 1 saturated heterocycles. The van der Waals surface area contributed by atoms with Gasteiger partial charge in [-0.25, -0.2) is 0 Å². The second-order valence-corrected chi connectivity index (χ2v) is 6.84. The number of carbonyl (C=O) groups excluding carboxylic acids is 1. The number of carbonyl (C=O) groups is 1. The highest BCUT2D eigenvalue weighted by atomic mass is 16.5. The molecule has 1 aromatic carbocycles. The first kappa shape index (κ1) is 17.1. The summed E-state index contributed by atoms with van der Waals surface area (Å²) < 4.78 is 5.44. The van der Waals surface area contributed by atoms with Gasteiger partial charge in [0.05, 0.1) is 7.11 Å². The van der Waals surface area contributed by atoms with E-state index in [9.17, 15) is 4.79 Å². The van der Waals surface area contributed by atoms with Crippen LogP contribution in [0, 0.1) is 0 Å². The van der Waals surface area contributed by atoms with Gasteiger partial charge in [0, 0.05) is 69.1 Å². The molecule has 0 radical (unpaired) electrons. The lowest BCUT2D eigenvalue weighted by Crippen LogP contribution is -2.48. The zero-order valence-corrected chi connectivity index (χ0v) is 15.1. The Morgan fingerprint density at radius 3 is 2.85 bits per heavy atom. The Morgan fingerprint density at radius 2 is 2.04 bits per heavy atom. The largest absolute Gasteiger partial charge is 0.496 e. The fraction of sp³-hybridized carbons (Fsp3) is 0.474. The molecule has 0 bridgehead atoms. The van der Waals surface area contributed by atoms with Gasteiger partial charge in [0.15, 0.2) is 5.69 Å². The van der Waals surface area contributed by atoms with Crippen molar-refractivity contribution >= 4 is 5.91 Å². The number of ether oxygens (including phenoxy) is 1. The average Bonchev–Trinajstić information content (AvgIpc) is 3.12. The summed E-state index contributed by atoms with van der Waals surface area (Å²) in [6, 6.07) is 8.11. The molecule has 7 nitrogen and oxygen atoms in total. The molecule has 0 saturated carbocycles. The number of nitrogens with zero attached hydrogens (tertiary/aromatic N) is 3. The van der Waals surface area contributed by atoms with E-state index in [1.54, 1.807) is 7.11 Å². The Kier molecular flexibility index (Phi) is 4.90. The van der Waals surface area contributed by atoms with E-state index in [-0.39, 0.29) is 5.91 Å². The summed E-state index contributed by atoms with van der Waals surface area (Å²) in [5, 5.41) is 10.7. The first-order valence-corrected chi connectivity index (χ1v) is 9.16. The van der Waals surface area contributed by atoms with Crippen LogP contribution >= 0.6 is 0 Å². The van der Waals surface area contributed by atoms with Gasteiger partial charge in [-0.3, -0.25) is 14.8 Å². The van der Waals surface area contributed by atoms with E-state index >= 15 is 0 Å². The maximum Gasteiger partial charge on any atom is 0.274 e. The molecule has 0 spiro atoms. The van der Waals surface area contributed by atoms with Gasteiger partial charge < -0.3 is 15.0 Å². The minimum absolute atomic E-state index is 0.0446. The predicted molar refractivity (Wildman–Crippen MR) is 98.2 cm³/mol. The SMILES string of the molecule is COc1ccccc1CN1CCN(C(=O)c2n[nH]c3c2CNCC3)CC1. The van der Waals surface area contributed by atoms with Crippen LogP contribution in [0.1, 0.15) is 27.3 Å². The number of fused-ring (bicyclic) bond motifs is 1. The van der Waals surface area contributed by atoms with Gasteiger partial charge in [-0.1, -0.05) is 18.2 Å². The molecule has 4 rings (SSSR count). The smallest absolute Gasteiger partial charge is 0.274 e. The molecule has 138 valence electrons. The number of para-hydroxylation sites is 1. The van der Waals surface area contributed by atoms with E-state index in [1.165, 1.54) is 5.56 Å². The summed E-state index contributed by atoms with van der Waals surface area (Å²) in [6.07, 6.45) is 0.905. The van der Waals surface area contributed by atoms with Crippen LogP contribution in [0.3, 0.4) is 0 Å². The Balaban J connectivity index is 1.37. The van der Waals surface area contributed by atoms with Crippen LogP contribution in [0.4, 0.5) is 0 Å². The van der Waals surface area contributed by atoms with Crippen molar-refractivity contribution in [3.05, 3.63) is 46.8 Å². The summed E-state index contributed by atoms with van der Waals surface area (Å²) in [5.74, 6) is 0.963. The van der Waals surface area contributed by atoms with Gasteiger partial charge in [-0.15, -0.1) is 0 Å². The van der Waals surface area contributed by atoms with Gasteiger partial charge >= 0.3 is 0 Å². The highest BCUT2D eigenvalue weighted by molar-refractivity contribution is 5.94. The molecule has 1 aromatic heterocycles. The number of piperazine rings is 1. The van der Waals surface area contributed by atoms with Crippen LogP contribution < -0.4 is 10.1 Å². The molecular weight excluding hydrogens is 330 g/mol. The van der Waals surface area contributed by atoms with Crippen molar-refractivity contribution in [1.82, 2.24) is 25.3 Å². The summed E-state index contributed by atoms with van der Waals surface area (Å²) in [5.41, 5.74) is 3.91. The summed E-state index contributed by atoms with van der Waals surface area (Å²) in [6.45, 7) is 5.66. The molecule has 3 heterocycles. The maximum atomic E-state index is 12.9. The third kappa shape index (κ3) is 3.32. The van der Waals surface area contributed by atoms with Crippen LogP contribution in [0.15, 0.2) is 24.3 Å². The normalized spacial score (nSPS) is 17.8. The number of aromatic amines is 1. The molecule has 0 unspecified atom stereocenters. The third-order valence-electron chi connectivity index (χ3n) is 5.25. The Bertz CT molecular complexity index is 780. The van der Waals surface area contributed by atoms with Gasteiger partial charge in [0.2, 0.25) is 0 Å². The van der Waals surface area contributed by atoms with Gasteiger partial charge in [-0.05, 0) is 6.07 Å². The van der Waals surface area contributed by atoms with Crippen LogP contribution in [-0.4, -0.2) is 65.7 Å². The van der Waals surface area contributed by atoms with E-state index < -0.39 is 0 Å². The molecule has 0 aliphatic carbocycles. The zero-order valence-electron chi connectivity index (χ0n) is 15.1. The summed E-state index contributed by atoms with van der Waals surface area (Å²) in [4.78, 5) is 17.2. The zero-order chi connectivity index (χ0) is 17.9. The van der Waals surface area contributed by atoms with Crippen molar-refractivity contribution in [3.8, 4) is 5.75 Å². The summed E-state index contributed by atoms with van der Waals surface area (Å²) in [7, 11) is 1.70. The van der Waals surface area contributed by atoms with Crippen molar-refractivity contribution in [3.63, 3.8) is 0 Å².